The van der Waals surface area contributed by atoms with Crippen molar-refractivity contribution in [1.29, 1.82) is 0 Å². The molecule has 0 aliphatic carbocycles. The van der Waals surface area contributed by atoms with Gasteiger partial charge in [-0.05, 0) is 31.9 Å². The summed E-state index contributed by atoms with van der Waals surface area (Å²) < 4.78 is 0. The first-order valence-corrected chi connectivity index (χ1v) is 7.96. The van der Waals surface area contributed by atoms with Crippen molar-refractivity contribution < 1.29 is 9.90 Å². The first kappa shape index (κ1) is 16.2. The fourth-order valence-corrected chi connectivity index (χ4v) is 2.66. The Balaban J connectivity index is 1.82. The molecule has 7 heteroatoms. The van der Waals surface area contributed by atoms with Gasteiger partial charge in [-0.25, -0.2) is 9.78 Å². The van der Waals surface area contributed by atoms with Crippen LogP contribution in [-0.4, -0.2) is 33.8 Å². The minimum absolute atomic E-state index is 0.0517. The zero-order chi connectivity index (χ0) is 17.1. The monoisotopic (exact) mass is 327 g/mol. The van der Waals surface area contributed by atoms with Gasteiger partial charge in [-0.15, -0.1) is 0 Å². The number of fused-ring (bicyclic) bond motifs is 1. The number of aromatic nitrogens is 2. The van der Waals surface area contributed by atoms with Gasteiger partial charge in [0, 0.05) is 30.1 Å². The number of benzene rings is 1. The van der Waals surface area contributed by atoms with Crippen molar-refractivity contribution in [2.24, 2.45) is 0 Å². The van der Waals surface area contributed by atoms with Crippen LogP contribution in [0.15, 0.2) is 30.5 Å². The second-order valence-electron chi connectivity index (χ2n) is 5.93. The fraction of sp³-hybridized carbons (Fsp3) is 0.353. The average molecular weight is 327 g/mol. The molecule has 0 spiro atoms. The molecular weight excluding hydrogens is 306 g/mol. The Hall–Kier alpha value is -2.67. The molecule has 0 saturated heterocycles. The van der Waals surface area contributed by atoms with E-state index in [1.165, 1.54) is 0 Å². The van der Waals surface area contributed by atoms with E-state index in [9.17, 15) is 4.79 Å². The van der Waals surface area contributed by atoms with Gasteiger partial charge in [0.1, 0.15) is 5.82 Å². The SMILES string of the molecule is Cc1ccccc1N1Cc2cnc(NC(C)CCO)nc2NC1=O. The van der Waals surface area contributed by atoms with E-state index >= 15 is 0 Å². The quantitative estimate of drug-likeness (QED) is 0.785. The molecule has 2 heterocycles. The van der Waals surface area contributed by atoms with Gasteiger partial charge in [0.05, 0.1) is 6.54 Å². The molecule has 0 radical (unpaired) electrons. The summed E-state index contributed by atoms with van der Waals surface area (Å²) >= 11 is 0. The molecule has 1 atom stereocenters. The van der Waals surface area contributed by atoms with Crippen molar-refractivity contribution >= 4 is 23.5 Å². The number of aliphatic hydroxyl groups excluding tert-OH is 1. The van der Waals surface area contributed by atoms with Gasteiger partial charge in [0.2, 0.25) is 5.95 Å². The molecule has 1 unspecified atom stereocenters. The lowest BCUT2D eigenvalue weighted by Crippen LogP contribution is -2.39. The van der Waals surface area contributed by atoms with Crippen molar-refractivity contribution in [3.63, 3.8) is 0 Å². The number of aryl methyl sites for hydroxylation is 1. The lowest BCUT2D eigenvalue weighted by atomic mass is 10.1. The van der Waals surface area contributed by atoms with E-state index in [4.69, 9.17) is 5.11 Å². The lowest BCUT2D eigenvalue weighted by molar-refractivity contribution is 0.256. The number of carbonyl (C=O) groups excluding carboxylic acids is 1. The summed E-state index contributed by atoms with van der Waals surface area (Å²) in [7, 11) is 0. The van der Waals surface area contributed by atoms with Crippen LogP contribution >= 0.6 is 0 Å². The number of hydrogen-bond acceptors (Lipinski definition) is 5. The predicted molar refractivity (Wildman–Crippen MR) is 93.2 cm³/mol. The van der Waals surface area contributed by atoms with Gasteiger partial charge in [0.25, 0.3) is 0 Å². The van der Waals surface area contributed by atoms with E-state index in [1.807, 2.05) is 38.1 Å². The van der Waals surface area contributed by atoms with Crippen LogP contribution < -0.4 is 15.5 Å². The Bertz CT molecular complexity index is 750. The minimum atomic E-state index is -0.204. The molecular formula is C17H21N5O2. The van der Waals surface area contributed by atoms with Crippen molar-refractivity contribution in [2.75, 3.05) is 22.1 Å². The van der Waals surface area contributed by atoms with Gasteiger partial charge in [-0.3, -0.25) is 10.2 Å². The number of nitrogens with zero attached hydrogens (tertiary/aromatic N) is 3. The Labute approximate surface area is 140 Å². The molecule has 0 fully saturated rings. The number of hydrogen-bond donors (Lipinski definition) is 3. The average Bonchev–Trinajstić information content (AvgIpc) is 2.55. The van der Waals surface area contributed by atoms with Crippen LogP contribution in [0.2, 0.25) is 0 Å². The van der Waals surface area contributed by atoms with Crippen LogP contribution in [-0.2, 0) is 6.54 Å². The number of amides is 2. The summed E-state index contributed by atoms with van der Waals surface area (Å²) in [5.41, 5.74) is 2.77. The van der Waals surface area contributed by atoms with E-state index in [2.05, 4.69) is 20.6 Å². The van der Waals surface area contributed by atoms with E-state index < -0.39 is 0 Å². The molecule has 3 rings (SSSR count). The third-order valence-corrected chi connectivity index (χ3v) is 4.01. The molecule has 1 aromatic heterocycles. The normalized spacial score (nSPS) is 14.8. The van der Waals surface area contributed by atoms with E-state index in [1.54, 1.807) is 11.1 Å². The largest absolute Gasteiger partial charge is 0.396 e. The molecule has 1 aliphatic heterocycles. The van der Waals surface area contributed by atoms with Crippen LogP contribution in [0.3, 0.4) is 0 Å². The summed E-state index contributed by atoms with van der Waals surface area (Å²) in [6, 6.07) is 7.61. The molecule has 24 heavy (non-hydrogen) atoms. The highest BCUT2D eigenvalue weighted by atomic mass is 16.3. The number of aliphatic hydroxyl groups is 1. The van der Waals surface area contributed by atoms with Crippen molar-refractivity contribution in [1.82, 2.24) is 9.97 Å². The third-order valence-electron chi connectivity index (χ3n) is 4.01. The number of rotatable bonds is 5. The maximum atomic E-state index is 12.4. The molecule has 3 N–H and O–H groups in total. The second-order valence-corrected chi connectivity index (χ2v) is 5.93. The number of para-hydroxylation sites is 1. The number of anilines is 3. The van der Waals surface area contributed by atoms with E-state index in [-0.39, 0.29) is 18.7 Å². The summed E-state index contributed by atoms with van der Waals surface area (Å²) in [4.78, 5) is 22.8. The van der Waals surface area contributed by atoms with Crippen LogP contribution in [0.25, 0.3) is 0 Å². The molecule has 2 aromatic rings. The van der Waals surface area contributed by atoms with Gasteiger partial charge in [-0.1, -0.05) is 18.2 Å². The second kappa shape index (κ2) is 6.84. The zero-order valence-electron chi connectivity index (χ0n) is 13.8. The van der Waals surface area contributed by atoms with Crippen molar-refractivity contribution in [3.8, 4) is 0 Å². The maximum absolute atomic E-state index is 12.4. The standard InChI is InChI=1S/C17H21N5O2/c1-11-5-3-4-6-14(11)22-10-13-9-18-16(19-12(2)7-8-23)20-15(13)21-17(22)24/h3-6,9,12,23H,7-8,10H2,1-2H3,(H2,18,19,20,21,24). The first-order chi connectivity index (χ1) is 11.6. The summed E-state index contributed by atoms with van der Waals surface area (Å²) in [6.45, 7) is 4.45. The Kier molecular flexibility index (Phi) is 4.61. The Morgan fingerprint density at radius 1 is 1.42 bits per heavy atom. The van der Waals surface area contributed by atoms with E-state index in [0.29, 0.717) is 24.7 Å². The number of urea groups is 1. The van der Waals surface area contributed by atoms with Gasteiger partial charge in [-0.2, -0.15) is 4.98 Å². The highest BCUT2D eigenvalue weighted by molar-refractivity contribution is 6.04. The fourth-order valence-electron chi connectivity index (χ4n) is 2.66. The van der Waals surface area contributed by atoms with Gasteiger partial charge in [0.15, 0.2) is 0 Å². The maximum Gasteiger partial charge on any atom is 0.327 e. The molecule has 1 aliphatic rings. The number of nitrogens with one attached hydrogen (secondary N) is 2. The minimum Gasteiger partial charge on any atom is -0.396 e. The highest BCUT2D eigenvalue weighted by Crippen LogP contribution is 2.28. The third kappa shape index (κ3) is 3.30. The molecule has 2 amide bonds. The van der Waals surface area contributed by atoms with Gasteiger partial charge < -0.3 is 10.4 Å². The summed E-state index contributed by atoms with van der Waals surface area (Å²) in [6.07, 6.45) is 2.33. The number of carbonyl (C=O) groups is 1. The van der Waals surface area contributed by atoms with Crippen molar-refractivity contribution in [2.45, 2.75) is 32.9 Å². The molecule has 0 saturated carbocycles. The van der Waals surface area contributed by atoms with Crippen LogP contribution in [0, 0.1) is 6.92 Å². The summed E-state index contributed by atoms with van der Waals surface area (Å²) in [5, 5.41) is 14.9. The Morgan fingerprint density at radius 3 is 2.96 bits per heavy atom. The van der Waals surface area contributed by atoms with Crippen LogP contribution in [0.4, 0.5) is 22.2 Å². The van der Waals surface area contributed by atoms with E-state index in [0.717, 1.165) is 16.8 Å². The summed E-state index contributed by atoms with van der Waals surface area (Å²) in [5.74, 6) is 0.970. The van der Waals surface area contributed by atoms with Crippen molar-refractivity contribution in [3.05, 3.63) is 41.6 Å². The zero-order valence-corrected chi connectivity index (χ0v) is 13.8. The molecule has 126 valence electrons. The molecule has 0 bridgehead atoms. The molecule has 7 nitrogen and oxygen atoms in total. The highest BCUT2D eigenvalue weighted by Gasteiger charge is 2.26. The topological polar surface area (TPSA) is 90.4 Å². The van der Waals surface area contributed by atoms with Crippen LogP contribution in [0.5, 0.6) is 0 Å². The van der Waals surface area contributed by atoms with Gasteiger partial charge >= 0.3 is 6.03 Å². The first-order valence-electron chi connectivity index (χ1n) is 7.96. The predicted octanol–water partition coefficient (Wildman–Crippen LogP) is 2.52. The Morgan fingerprint density at radius 2 is 2.21 bits per heavy atom. The van der Waals surface area contributed by atoms with Crippen LogP contribution in [0.1, 0.15) is 24.5 Å². The lowest BCUT2D eigenvalue weighted by Gasteiger charge is -2.29. The molecule has 1 aromatic carbocycles. The smallest absolute Gasteiger partial charge is 0.327 e.